The Morgan fingerprint density at radius 3 is 2.94 bits per heavy atom. The molecule has 2 N–H and O–H groups in total. The van der Waals surface area contributed by atoms with E-state index in [4.69, 9.17) is 4.74 Å². The molecule has 92 valence electrons. The van der Waals surface area contributed by atoms with Crippen molar-refractivity contribution < 1.29 is 14.6 Å². The predicted octanol–water partition coefficient (Wildman–Crippen LogP) is 1.60. The molecule has 1 aromatic carbocycles. The van der Waals surface area contributed by atoms with E-state index in [1.54, 1.807) is 25.1 Å². The van der Waals surface area contributed by atoms with Gasteiger partial charge in [-0.05, 0) is 13.0 Å². The van der Waals surface area contributed by atoms with E-state index in [-0.39, 0.29) is 11.7 Å². The molecule has 0 aromatic heterocycles. The second kappa shape index (κ2) is 7.46. The number of aromatic hydroxyl groups is 1. The number of phenols is 1. The third-order valence-electron chi connectivity index (χ3n) is 2.11. The van der Waals surface area contributed by atoms with Crippen LogP contribution in [0, 0.1) is 0 Å². The Bertz CT molecular complexity index is 388. The first-order valence-electron chi connectivity index (χ1n) is 5.55. The van der Waals surface area contributed by atoms with Crippen LogP contribution in [0.3, 0.4) is 0 Å². The maximum Gasteiger partial charge on any atom is 0.330 e. The van der Waals surface area contributed by atoms with Crippen LogP contribution in [0.1, 0.15) is 12.5 Å². The molecule has 0 radical (unpaired) electrons. The van der Waals surface area contributed by atoms with E-state index in [0.717, 1.165) is 5.56 Å². The predicted molar refractivity (Wildman–Crippen MR) is 65.6 cm³/mol. The standard InChI is InChI=1S/C13H17NO3/c1-2-17-13(16)8-5-9-14-10-11-6-3-4-7-12(11)15/h3-8,14-15H,2,9-10H2,1H3/b8-5+. The van der Waals surface area contributed by atoms with Gasteiger partial charge in [0.15, 0.2) is 0 Å². The summed E-state index contributed by atoms with van der Waals surface area (Å²) in [6.45, 7) is 3.25. The highest BCUT2D eigenvalue weighted by molar-refractivity contribution is 5.81. The number of hydrogen-bond acceptors (Lipinski definition) is 4. The molecule has 0 fully saturated rings. The van der Waals surface area contributed by atoms with Crippen molar-refractivity contribution in [3.8, 4) is 5.75 Å². The third kappa shape index (κ3) is 5.17. The van der Waals surface area contributed by atoms with Gasteiger partial charge >= 0.3 is 5.97 Å². The van der Waals surface area contributed by atoms with Crippen LogP contribution in [0.5, 0.6) is 5.75 Å². The Morgan fingerprint density at radius 1 is 1.47 bits per heavy atom. The summed E-state index contributed by atoms with van der Waals surface area (Å²) < 4.78 is 4.73. The van der Waals surface area contributed by atoms with Crippen LogP contribution in [-0.2, 0) is 16.1 Å². The first kappa shape index (κ1) is 13.3. The van der Waals surface area contributed by atoms with Crippen molar-refractivity contribution in [1.29, 1.82) is 0 Å². The number of ether oxygens (including phenoxy) is 1. The fraction of sp³-hybridized carbons (Fsp3) is 0.308. The number of benzene rings is 1. The van der Waals surface area contributed by atoms with E-state index in [0.29, 0.717) is 19.7 Å². The molecule has 0 atom stereocenters. The zero-order valence-electron chi connectivity index (χ0n) is 9.85. The Balaban J connectivity index is 2.25. The molecule has 4 heteroatoms. The molecule has 0 heterocycles. The zero-order chi connectivity index (χ0) is 12.5. The highest BCUT2D eigenvalue weighted by Gasteiger charge is 1.97. The second-order valence-electron chi connectivity index (χ2n) is 3.41. The Morgan fingerprint density at radius 2 is 2.24 bits per heavy atom. The monoisotopic (exact) mass is 235 g/mol. The minimum Gasteiger partial charge on any atom is -0.508 e. The van der Waals surface area contributed by atoms with Crippen molar-refractivity contribution in [2.24, 2.45) is 0 Å². The van der Waals surface area contributed by atoms with Crippen LogP contribution in [0.2, 0.25) is 0 Å². The van der Waals surface area contributed by atoms with Crippen molar-refractivity contribution in [2.45, 2.75) is 13.5 Å². The number of nitrogens with one attached hydrogen (secondary N) is 1. The number of rotatable bonds is 6. The maximum absolute atomic E-state index is 11.0. The lowest BCUT2D eigenvalue weighted by Crippen LogP contribution is -2.13. The number of para-hydroxylation sites is 1. The van der Waals surface area contributed by atoms with Crippen molar-refractivity contribution in [3.05, 3.63) is 42.0 Å². The average molecular weight is 235 g/mol. The highest BCUT2D eigenvalue weighted by atomic mass is 16.5. The molecule has 0 aliphatic heterocycles. The van der Waals surface area contributed by atoms with Crippen LogP contribution in [0.25, 0.3) is 0 Å². The van der Waals surface area contributed by atoms with Gasteiger partial charge in [-0.15, -0.1) is 0 Å². The van der Waals surface area contributed by atoms with Gasteiger partial charge in [-0.2, -0.15) is 0 Å². The van der Waals surface area contributed by atoms with Gasteiger partial charge in [0.25, 0.3) is 0 Å². The summed E-state index contributed by atoms with van der Waals surface area (Å²) in [5.41, 5.74) is 0.831. The van der Waals surface area contributed by atoms with Gasteiger partial charge in [0.2, 0.25) is 0 Å². The van der Waals surface area contributed by atoms with Gasteiger partial charge in [0.1, 0.15) is 5.75 Å². The molecule has 0 bridgehead atoms. The van der Waals surface area contributed by atoms with E-state index in [9.17, 15) is 9.90 Å². The summed E-state index contributed by atoms with van der Waals surface area (Å²) in [6, 6.07) is 7.13. The summed E-state index contributed by atoms with van der Waals surface area (Å²) in [4.78, 5) is 11.0. The fourth-order valence-electron chi connectivity index (χ4n) is 1.30. The topological polar surface area (TPSA) is 58.6 Å². The number of carbonyl (C=O) groups excluding carboxylic acids is 1. The quantitative estimate of drug-likeness (QED) is 0.447. The number of hydrogen-bond donors (Lipinski definition) is 2. The molecule has 0 saturated heterocycles. The summed E-state index contributed by atoms with van der Waals surface area (Å²) in [6.07, 6.45) is 3.08. The third-order valence-corrected chi connectivity index (χ3v) is 2.11. The number of carbonyl (C=O) groups is 1. The molecule has 0 unspecified atom stereocenters. The second-order valence-corrected chi connectivity index (χ2v) is 3.41. The zero-order valence-corrected chi connectivity index (χ0v) is 9.85. The highest BCUT2D eigenvalue weighted by Crippen LogP contribution is 2.14. The molecular formula is C13H17NO3. The SMILES string of the molecule is CCOC(=O)/C=C/CNCc1ccccc1O. The lowest BCUT2D eigenvalue weighted by molar-refractivity contribution is -0.137. The largest absolute Gasteiger partial charge is 0.508 e. The van der Waals surface area contributed by atoms with E-state index >= 15 is 0 Å². The Labute approximate surface area is 101 Å². The van der Waals surface area contributed by atoms with Crippen molar-refractivity contribution in [1.82, 2.24) is 5.32 Å². The van der Waals surface area contributed by atoms with Gasteiger partial charge < -0.3 is 15.2 Å². The molecule has 0 aliphatic rings. The lowest BCUT2D eigenvalue weighted by Gasteiger charge is -2.04. The molecule has 0 amide bonds. The van der Waals surface area contributed by atoms with Gasteiger partial charge in [-0.25, -0.2) is 4.79 Å². The Hall–Kier alpha value is -1.81. The van der Waals surface area contributed by atoms with E-state index in [2.05, 4.69) is 5.32 Å². The van der Waals surface area contributed by atoms with Gasteiger partial charge in [0, 0.05) is 24.7 Å². The van der Waals surface area contributed by atoms with Crippen LogP contribution < -0.4 is 5.32 Å². The first-order chi connectivity index (χ1) is 8.24. The van der Waals surface area contributed by atoms with Crippen LogP contribution in [0.15, 0.2) is 36.4 Å². The summed E-state index contributed by atoms with van der Waals surface area (Å²) >= 11 is 0. The van der Waals surface area contributed by atoms with Gasteiger partial charge in [-0.1, -0.05) is 24.3 Å². The average Bonchev–Trinajstić information content (AvgIpc) is 2.31. The molecule has 0 aliphatic carbocycles. The minimum absolute atomic E-state index is 0.273. The van der Waals surface area contributed by atoms with E-state index in [1.165, 1.54) is 6.08 Å². The van der Waals surface area contributed by atoms with Gasteiger partial charge in [0.05, 0.1) is 6.61 Å². The maximum atomic E-state index is 11.0. The number of phenolic OH excluding ortho intramolecular Hbond substituents is 1. The summed E-state index contributed by atoms with van der Waals surface area (Å²) in [7, 11) is 0. The molecule has 1 rings (SSSR count). The fourth-order valence-corrected chi connectivity index (χ4v) is 1.30. The molecule has 4 nitrogen and oxygen atoms in total. The first-order valence-corrected chi connectivity index (χ1v) is 5.55. The number of esters is 1. The van der Waals surface area contributed by atoms with E-state index in [1.807, 2.05) is 12.1 Å². The van der Waals surface area contributed by atoms with Crippen molar-refractivity contribution >= 4 is 5.97 Å². The summed E-state index contributed by atoms with van der Waals surface area (Å²) in [5.74, 6) is -0.0637. The van der Waals surface area contributed by atoms with Crippen LogP contribution in [0.4, 0.5) is 0 Å². The van der Waals surface area contributed by atoms with E-state index < -0.39 is 0 Å². The van der Waals surface area contributed by atoms with Crippen LogP contribution >= 0.6 is 0 Å². The minimum atomic E-state index is -0.336. The van der Waals surface area contributed by atoms with Crippen molar-refractivity contribution in [3.63, 3.8) is 0 Å². The molecule has 17 heavy (non-hydrogen) atoms. The van der Waals surface area contributed by atoms with Crippen molar-refractivity contribution in [2.75, 3.05) is 13.2 Å². The van der Waals surface area contributed by atoms with Crippen LogP contribution in [-0.4, -0.2) is 24.2 Å². The molecular weight excluding hydrogens is 218 g/mol. The smallest absolute Gasteiger partial charge is 0.330 e. The lowest BCUT2D eigenvalue weighted by atomic mass is 10.2. The Kier molecular flexibility index (Phi) is 5.82. The molecule has 1 aromatic rings. The van der Waals surface area contributed by atoms with Gasteiger partial charge in [-0.3, -0.25) is 0 Å². The molecule has 0 spiro atoms. The molecule has 0 saturated carbocycles. The normalized spacial score (nSPS) is 10.6. The summed E-state index contributed by atoms with van der Waals surface area (Å²) in [5, 5.41) is 12.6.